The summed E-state index contributed by atoms with van der Waals surface area (Å²) in [5.74, 6) is 0.00305. The molecule has 1 heterocycles. The number of allylic oxidation sites excluding steroid dienone is 1. The molecule has 3 rings (SSSR count). The number of ether oxygens (including phenoxy) is 2. The summed E-state index contributed by atoms with van der Waals surface area (Å²) < 4.78 is 11.3. The Kier molecular flexibility index (Phi) is 7.00. The highest BCUT2D eigenvalue weighted by Gasteiger charge is 2.36. The molecule has 0 fully saturated rings. The lowest BCUT2D eigenvalue weighted by atomic mass is 9.91. The van der Waals surface area contributed by atoms with Crippen LogP contribution in [0.25, 0.3) is 0 Å². The monoisotopic (exact) mass is 428 g/mol. The molecular formula is C23H25ClN2O4. The number of hydrogen-bond donors (Lipinski definition) is 2. The molecule has 2 amide bonds. The van der Waals surface area contributed by atoms with Crippen LogP contribution >= 0.6 is 11.6 Å². The number of carbonyl (C=O) groups is 2. The van der Waals surface area contributed by atoms with E-state index in [1.165, 1.54) is 0 Å². The minimum absolute atomic E-state index is 0.0748. The lowest BCUT2D eigenvalue weighted by Gasteiger charge is -2.31. The van der Waals surface area contributed by atoms with Crippen LogP contribution in [0.2, 0.25) is 5.02 Å². The van der Waals surface area contributed by atoms with Crippen molar-refractivity contribution in [3.05, 3.63) is 76.0 Å². The molecule has 1 aliphatic rings. The Morgan fingerprint density at radius 1 is 1.13 bits per heavy atom. The molecule has 2 N–H and O–H groups in total. The molecule has 0 aliphatic carbocycles. The van der Waals surface area contributed by atoms with Gasteiger partial charge in [0.2, 0.25) is 0 Å². The van der Waals surface area contributed by atoms with Gasteiger partial charge in [0.05, 0.1) is 18.2 Å². The Morgan fingerprint density at radius 3 is 2.53 bits per heavy atom. The average Bonchev–Trinajstić information content (AvgIpc) is 2.73. The van der Waals surface area contributed by atoms with Crippen LogP contribution in [0.3, 0.4) is 0 Å². The first-order chi connectivity index (χ1) is 14.4. The number of amides is 2. The minimum atomic E-state index is -0.697. The molecule has 0 bridgehead atoms. The highest BCUT2D eigenvalue weighted by molar-refractivity contribution is 6.31. The maximum atomic E-state index is 12.8. The molecule has 1 atom stereocenters. The Labute approximate surface area is 181 Å². The van der Waals surface area contributed by atoms with E-state index in [0.717, 1.165) is 5.56 Å². The summed E-state index contributed by atoms with van der Waals surface area (Å²) in [5.41, 5.74) is 2.43. The van der Waals surface area contributed by atoms with Crippen LogP contribution < -0.4 is 15.4 Å². The number of carbonyl (C=O) groups excluding carboxylic acids is 2. The van der Waals surface area contributed by atoms with Gasteiger partial charge in [-0.2, -0.15) is 0 Å². The molecule has 0 aromatic heterocycles. The number of halogens is 1. The third kappa shape index (κ3) is 4.76. The summed E-state index contributed by atoms with van der Waals surface area (Å²) in [4.78, 5) is 25.2. The summed E-state index contributed by atoms with van der Waals surface area (Å²) in [6, 6.07) is 13.7. The molecule has 0 spiro atoms. The smallest absolute Gasteiger partial charge is 0.338 e. The molecular weight excluding hydrogens is 404 g/mol. The third-order valence-electron chi connectivity index (χ3n) is 4.75. The molecule has 2 aromatic carbocycles. The van der Waals surface area contributed by atoms with E-state index in [1.54, 1.807) is 19.1 Å². The van der Waals surface area contributed by atoms with Gasteiger partial charge in [-0.1, -0.05) is 61.8 Å². The van der Waals surface area contributed by atoms with E-state index in [4.69, 9.17) is 21.1 Å². The second-order valence-corrected chi connectivity index (χ2v) is 7.56. The fraction of sp³-hybridized carbons (Fsp3) is 0.304. The standard InChI is InChI=1S/C23H25ClN2O4/c1-4-29-22(27)19-20(14(2)3)25-23(28)26-21(19)16-10-6-8-12-18(16)30-13-15-9-5-7-11-17(15)24/h5-12,14,21H,4,13H2,1-3H3,(H2,25,26,28). The van der Waals surface area contributed by atoms with Gasteiger partial charge in [0.1, 0.15) is 12.4 Å². The molecule has 1 unspecified atom stereocenters. The molecule has 6 nitrogen and oxygen atoms in total. The number of para-hydroxylation sites is 1. The van der Waals surface area contributed by atoms with E-state index < -0.39 is 12.0 Å². The molecule has 0 radical (unpaired) electrons. The topological polar surface area (TPSA) is 76.7 Å². The van der Waals surface area contributed by atoms with E-state index in [1.807, 2.05) is 50.2 Å². The number of nitrogens with one attached hydrogen (secondary N) is 2. The van der Waals surface area contributed by atoms with Crippen LogP contribution in [0.1, 0.15) is 37.9 Å². The van der Waals surface area contributed by atoms with Gasteiger partial charge >= 0.3 is 12.0 Å². The Bertz CT molecular complexity index is 971. The van der Waals surface area contributed by atoms with Gasteiger partial charge in [-0.3, -0.25) is 0 Å². The normalized spacial score (nSPS) is 16.2. The van der Waals surface area contributed by atoms with Gasteiger partial charge in [0, 0.05) is 21.8 Å². The van der Waals surface area contributed by atoms with Gasteiger partial charge < -0.3 is 20.1 Å². The van der Waals surface area contributed by atoms with Crippen LogP contribution in [-0.2, 0) is 16.1 Å². The van der Waals surface area contributed by atoms with Gasteiger partial charge in [-0.15, -0.1) is 0 Å². The van der Waals surface area contributed by atoms with Crippen LogP contribution in [0.15, 0.2) is 59.8 Å². The van der Waals surface area contributed by atoms with Gasteiger partial charge in [0.15, 0.2) is 0 Å². The van der Waals surface area contributed by atoms with E-state index in [2.05, 4.69) is 10.6 Å². The van der Waals surface area contributed by atoms with Gasteiger partial charge in [-0.05, 0) is 25.0 Å². The molecule has 1 aliphatic heterocycles. The Hall–Kier alpha value is -2.99. The summed E-state index contributed by atoms with van der Waals surface area (Å²) in [5, 5.41) is 6.21. The predicted octanol–water partition coefficient (Wildman–Crippen LogP) is 4.75. The van der Waals surface area contributed by atoms with Crippen LogP contribution in [0.4, 0.5) is 4.79 Å². The van der Waals surface area contributed by atoms with Crippen molar-refractivity contribution in [3.63, 3.8) is 0 Å². The largest absolute Gasteiger partial charge is 0.488 e. The first-order valence-corrected chi connectivity index (χ1v) is 10.2. The Balaban J connectivity index is 2.00. The van der Waals surface area contributed by atoms with Crippen molar-refractivity contribution in [3.8, 4) is 5.75 Å². The summed E-state index contributed by atoms with van der Waals surface area (Å²) in [6.45, 7) is 6.07. The molecule has 2 aromatic rings. The molecule has 30 heavy (non-hydrogen) atoms. The maximum Gasteiger partial charge on any atom is 0.338 e. The second kappa shape index (κ2) is 9.67. The third-order valence-corrected chi connectivity index (χ3v) is 5.11. The summed E-state index contributed by atoms with van der Waals surface area (Å²) in [7, 11) is 0. The van der Waals surface area contributed by atoms with Crippen molar-refractivity contribution in [1.82, 2.24) is 10.6 Å². The number of rotatable bonds is 7. The van der Waals surface area contributed by atoms with Crippen LogP contribution in [-0.4, -0.2) is 18.6 Å². The van der Waals surface area contributed by atoms with Crippen molar-refractivity contribution in [1.29, 1.82) is 0 Å². The first kappa shape index (κ1) is 21.7. The zero-order valence-electron chi connectivity index (χ0n) is 17.2. The molecule has 158 valence electrons. The lowest BCUT2D eigenvalue weighted by molar-refractivity contribution is -0.139. The number of benzene rings is 2. The highest BCUT2D eigenvalue weighted by atomic mass is 35.5. The quantitative estimate of drug-likeness (QED) is 0.624. The fourth-order valence-electron chi connectivity index (χ4n) is 3.33. The highest BCUT2D eigenvalue weighted by Crippen LogP contribution is 2.35. The van der Waals surface area contributed by atoms with E-state index >= 15 is 0 Å². The molecule has 0 saturated carbocycles. The van der Waals surface area contributed by atoms with Crippen molar-refractivity contribution >= 4 is 23.6 Å². The minimum Gasteiger partial charge on any atom is -0.488 e. The maximum absolute atomic E-state index is 12.8. The SMILES string of the molecule is CCOC(=O)C1=C(C(C)C)NC(=O)NC1c1ccccc1OCc1ccccc1Cl. The fourth-order valence-corrected chi connectivity index (χ4v) is 3.52. The van der Waals surface area contributed by atoms with Crippen LogP contribution in [0, 0.1) is 5.92 Å². The van der Waals surface area contributed by atoms with Crippen molar-refractivity contribution in [2.24, 2.45) is 5.92 Å². The first-order valence-electron chi connectivity index (χ1n) is 9.86. The zero-order chi connectivity index (χ0) is 21.7. The second-order valence-electron chi connectivity index (χ2n) is 7.15. The number of hydrogen-bond acceptors (Lipinski definition) is 4. The lowest BCUT2D eigenvalue weighted by Crippen LogP contribution is -2.47. The zero-order valence-corrected chi connectivity index (χ0v) is 18.0. The van der Waals surface area contributed by atoms with E-state index in [9.17, 15) is 9.59 Å². The Morgan fingerprint density at radius 2 is 1.83 bits per heavy atom. The average molecular weight is 429 g/mol. The van der Waals surface area contributed by atoms with Crippen molar-refractivity contribution in [2.75, 3.05) is 6.61 Å². The number of esters is 1. The summed E-state index contributed by atoms with van der Waals surface area (Å²) >= 11 is 6.24. The molecule has 0 saturated heterocycles. The van der Waals surface area contributed by atoms with E-state index in [0.29, 0.717) is 27.6 Å². The van der Waals surface area contributed by atoms with Gasteiger partial charge in [-0.25, -0.2) is 9.59 Å². The summed E-state index contributed by atoms with van der Waals surface area (Å²) in [6.07, 6.45) is 0. The van der Waals surface area contributed by atoms with Gasteiger partial charge in [0.25, 0.3) is 0 Å². The van der Waals surface area contributed by atoms with Crippen molar-refractivity contribution < 1.29 is 19.1 Å². The molecule has 7 heteroatoms. The van der Waals surface area contributed by atoms with Crippen molar-refractivity contribution in [2.45, 2.75) is 33.4 Å². The van der Waals surface area contributed by atoms with E-state index in [-0.39, 0.29) is 25.2 Å². The predicted molar refractivity (Wildman–Crippen MR) is 115 cm³/mol. The van der Waals surface area contributed by atoms with Crippen LogP contribution in [0.5, 0.6) is 5.75 Å². The number of urea groups is 1.